The van der Waals surface area contributed by atoms with Crippen LogP contribution in [0.25, 0.3) is 0 Å². The molecule has 1 aromatic carbocycles. The molecule has 3 amide bonds. The molecule has 19 heavy (non-hydrogen) atoms. The van der Waals surface area contributed by atoms with Crippen LogP contribution >= 0.6 is 11.6 Å². The fourth-order valence-corrected chi connectivity index (χ4v) is 1.59. The molecule has 5 nitrogen and oxygen atoms in total. The van der Waals surface area contributed by atoms with Crippen LogP contribution < -0.4 is 10.6 Å². The zero-order valence-corrected chi connectivity index (χ0v) is 12.0. The van der Waals surface area contributed by atoms with Crippen molar-refractivity contribution in [1.29, 1.82) is 0 Å². The van der Waals surface area contributed by atoms with Gasteiger partial charge in [-0.1, -0.05) is 23.7 Å². The van der Waals surface area contributed by atoms with E-state index in [-0.39, 0.29) is 24.9 Å². The lowest BCUT2D eigenvalue weighted by molar-refractivity contribution is -0.128. The number of hydrogen-bond acceptors (Lipinski definition) is 2. The van der Waals surface area contributed by atoms with E-state index in [1.807, 2.05) is 19.1 Å². The third-order valence-electron chi connectivity index (χ3n) is 2.56. The van der Waals surface area contributed by atoms with Gasteiger partial charge in [-0.15, -0.1) is 0 Å². The largest absolute Gasteiger partial charge is 0.349 e. The molecule has 0 aliphatic carbocycles. The summed E-state index contributed by atoms with van der Waals surface area (Å²) in [5.74, 6) is -0.0334. The quantitative estimate of drug-likeness (QED) is 0.890. The molecule has 1 aromatic rings. The number of carbonyl (C=O) groups is 2. The first-order valence-electron chi connectivity index (χ1n) is 5.92. The molecule has 1 rings (SSSR count). The van der Waals surface area contributed by atoms with Crippen molar-refractivity contribution < 1.29 is 9.59 Å². The summed E-state index contributed by atoms with van der Waals surface area (Å²) in [6.07, 6.45) is 0.266. The number of benzene rings is 1. The minimum atomic E-state index is -0.376. The van der Waals surface area contributed by atoms with Gasteiger partial charge in [0.2, 0.25) is 5.91 Å². The van der Waals surface area contributed by atoms with Crippen molar-refractivity contribution in [3.05, 3.63) is 28.8 Å². The second kappa shape index (κ2) is 6.99. The average molecular weight is 284 g/mol. The van der Waals surface area contributed by atoms with Gasteiger partial charge in [-0.3, -0.25) is 4.79 Å². The molecule has 2 N–H and O–H groups in total. The van der Waals surface area contributed by atoms with Gasteiger partial charge in [-0.2, -0.15) is 0 Å². The maximum Gasteiger partial charge on any atom is 0.319 e. The first-order chi connectivity index (χ1) is 8.91. The Bertz CT molecular complexity index is 475. The fourth-order valence-electron chi connectivity index (χ4n) is 1.42. The Kier molecular flexibility index (Phi) is 5.63. The molecule has 0 spiro atoms. The summed E-state index contributed by atoms with van der Waals surface area (Å²) in [4.78, 5) is 24.4. The topological polar surface area (TPSA) is 61.4 Å². The van der Waals surface area contributed by atoms with Gasteiger partial charge in [0.1, 0.15) is 0 Å². The van der Waals surface area contributed by atoms with Crippen LogP contribution in [-0.4, -0.2) is 37.5 Å². The molecule has 0 aliphatic heterocycles. The second-order valence-electron chi connectivity index (χ2n) is 4.36. The number of hydrogen-bond donors (Lipinski definition) is 2. The van der Waals surface area contributed by atoms with Crippen LogP contribution in [0.1, 0.15) is 12.0 Å². The summed E-state index contributed by atoms with van der Waals surface area (Å²) in [5, 5.41) is 5.77. The standard InChI is InChI=1S/C13H18ClN3O2/c1-9-5-4-6-10(12(9)14)16-13(19)15-8-7-11(18)17(2)3/h4-6H,7-8H2,1-3H3,(H2,15,16,19). The maximum absolute atomic E-state index is 11.6. The molecule has 0 unspecified atom stereocenters. The highest BCUT2D eigenvalue weighted by atomic mass is 35.5. The van der Waals surface area contributed by atoms with Crippen molar-refractivity contribution in [3.63, 3.8) is 0 Å². The molecule has 104 valence electrons. The predicted molar refractivity (Wildman–Crippen MR) is 76.5 cm³/mol. The Balaban J connectivity index is 2.44. The number of urea groups is 1. The Morgan fingerprint density at radius 3 is 2.63 bits per heavy atom. The van der Waals surface area contributed by atoms with Crippen LogP contribution in [-0.2, 0) is 4.79 Å². The number of nitrogens with zero attached hydrogens (tertiary/aromatic N) is 1. The number of rotatable bonds is 4. The average Bonchev–Trinajstić information content (AvgIpc) is 2.34. The van der Waals surface area contributed by atoms with Crippen LogP contribution in [0.2, 0.25) is 5.02 Å². The van der Waals surface area contributed by atoms with Crippen molar-refractivity contribution in [2.24, 2.45) is 0 Å². The van der Waals surface area contributed by atoms with Crippen LogP contribution in [0.3, 0.4) is 0 Å². The third-order valence-corrected chi connectivity index (χ3v) is 3.06. The maximum atomic E-state index is 11.6. The molecule has 0 atom stereocenters. The van der Waals surface area contributed by atoms with Gasteiger partial charge < -0.3 is 15.5 Å². The zero-order valence-electron chi connectivity index (χ0n) is 11.3. The highest BCUT2D eigenvalue weighted by Crippen LogP contribution is 2.24. The Hall–Kier alpha value is -1.75. The van der Waals surface area contributed by atoms with Crippen LogP contribution in [0.15, 0.2) is 18.2 Å². The van der Waals surface area contributed by atoms with Gasteiger partial charge in [-0.25, -0.2) is 4.79 Å². The van der Waals surface area contributed by atoms with E-state index in [2.05, 4.69) is 10.6 Å². The first-order valence-corrected chi connectivity index (χ1v) is 6.29. The minimum absolute atomic E-state index is 0.0334. The van der Waals surface area contributed by atoms with E-state index in [4.69, 9.17) is 11.6 Å². The van der Waals surface area contributed by atoms with Gasteiger partial charge in [0.25, 0.3) is 0 Å². The predicted octanol–water partition coefficient (Wildman–Crippen LogP) is 2.25. The van der Waals surface area contributed by atoms with Crippen molar-refractivity contribution in [2.45, 2.75) is 13.3 Å². The monoisotopic (exact) mass is 283 g/mol. The SMILES string of the molecule is Cc1cccc(NC(=O)NCCC(=O)N(C)C)c1Cl. The summed E-state index contributed by atoms with van der Waals surface area (Å²) in [7, 11) is 3.35. The lowest BCUT2D eigenvalue weighted by atomic mass is 10.2. The van der Waals surface area contributed by atoms with E-state index >= 15 is 0 Å². The number of aryl methyl sites for hydroxylation is 1. The number of halogens is 1. The van der Waals surface area contributed by atoms with Gasteiger partial charge in [-0.05, 0) is 18.6 Å². The lowest BCUT2D eigenvalue weighted by Crippen LogP contribution is -2.33. The fraction of sp³-hybridized carbons (Fsp3) is 0.385. The third kappa shape index (κ3) is 4.79. The molecule has 0 fully saturated rings. The van der Waals surface area contributed by atoms with Gasteiger partial charge in [0, 0.05) is 27.1 Å². The van der Waals surface area contributed by atoms with Crippen molar-refractivity contribution >= 4 is 29.2 Å². The number of amides is 3. The molecule has 0 saturated carbocycles. The van der Waals surface area contributed by atoms with E-state index in [1.165, 1.54) is 4.90 Å². The molecule has 0 saturated heterocycles. The Morgan fingerprint density at radius 1 is 1.32 bits per heavy atom. The van der Waals surface area contributed by atoms with Crippen molar-refractivity contribution in [3.8, 4) is 0 Å². The van der Waals surface area contributed by atoms with Crippen LogP contribution in [0.5, 0.6) is 0 Å². The Morgan fingerprint density at radius 2 is 2.00 bits per heavy atom. The lowest BCUT2D eigenvalue weighted by Gasteiger charge is -2.12. The van der Waals surface area contributed by atoms with Crippen LogP contribution in [0.4, 0.5) is 10.5 Å². The smallest absolute Gasteiger partial charge is 0.319 e. The van der Waals surface area contributed by atoms with Crippen molar-refractivity contribution in [1.82, 2.24) is 10.2 Å². The Labute approximate surface area is 117 Å². The highest BCUT2D eigenvalue weighted by molar-refractivity contribution is 6.34. The molecular formula is C13H18ClN3O2. The molecular weight excluding hydrogens is 266 g/mol. The summed E-state index contributed by atoms with van der Waals surface area (Å²) in [6.45, 7) is 2.15. The minimum Gasteiger partial charge on any atom is -0.349 e. The van der Waals surface area contributed by atoms with E-state index in [0.717, 1.165) is 5.56 Å². The van der Waals surface area contributed by atoms with Gasteiger partial charge >= 0.3 is 6.03 Å². The van der Waals surface area contributed by atoms with E-state index < -0.39 is 0 Å². The van der Waals surface area contributed by atoms with Crippen molar-refractivity contribution in [2.75, 3.05) is 26.0 Å². The molecule has 6 heteroatoms. The highest BCUT2D eigenvalue weighted by Gasteiger charge is 2.08. The summed E-state index contributed by atoms with van der Waals surface area (Å²) >= 11 is 6.06. The molecule has 0 heterocycles. The molecule has 0 aromatic heterocycles. The normalized spacial score (nSPS) is 9.89. The van der Waals surface area contributed by atoms with E-state index in [1.54, 1.807) is 20.2 Å². The molecule has 0 radical (unpaired) electrons. The molecule has 0 aliphatic rings. The van der Waals surface area contributed by atoms with Crippen LogP contribution in [0, 0.1) is 6.92 Å². The van der Waals surface area contributed by atoms with Gasteiger partial charge in [0.15, 0.2) is 0 Å². The van der Waals surface area contributed by atoms with E-state index in [9.17, 15) is 9.59 Å². The van der Waals surface area contributed by atoms with Gasteiger partial charge in [0.05, 0.1) is 10.7 Å². The number of anilines is 1. The summed E-state index contributed by atoms with van der Waals surface area (Å²) in [5.41, 5.74) is 1.44. The number of carbonyl (C=O) groups excluding carboxylic acids is 2. The molecule has 0 bridgehead atoms. The second-order valence-corrected chi connectivity index (χ2v) is 4.73. The van der Waals surface area contributed by atoms with E-state index in [0.29, 0.717) is 10.7 Å². The summed E-state index contributed by atoms with van der Waals surface area (Å²) < 4.78 is 0. The summed E-state index contributed by atoms with van der Waals surface area (Å²) in [6, 6.07) is 5.02. The number of nitrogens with one attached hydrogen (secondary N) is 2. The first kappa shape index (κ1) is 15.3. The zero-order chi connectivity index (χ0) is 14.4.